The van der Waals surface area contributed by atoms with Crippen LogP contribution in [0.25, 0.3) is 11.0 Å². The van der Waals surface area contributed by atoms with Gasteiger partial charge in [-0.1, -0.05) is 11.6 Å². The van der Waals surface area contributed by atoms with Crippen LogP contribution in [-0.2, 0) is 11.3 Å². The predicted molar refractivity (Wildman–Crippen MR) is 89.4 cm³/mol. The summed E-state index contributed by atoms with van der Waals surface area (Å²) >= 11 is 5.83. The lowest BCUT2D eigenvalue weighted by Gasteiger charge is -2.10. The lowest BCUT2D eigenvalue weighted by atomic mass is 10.1. The molecule has 0 aliphatic heterocycles. The van der Waals surface area contributed by atoms with Gasteiger partial charge in [-0.3, -0.25) is 0 Å². The molecular weight excluding hydrogens is 351 g/mol. The molecule has 0 amide bonds. The number of phenols is 1. The third-order valence-corrected chi connectivity index (χ3v) is 4.04. The maximum absolute atomic E-state index is 13.0. The summed E-state index contributed by atoms with van der Waals surface area (Å²) in [6, 6.07) is 7.56. The number of benzene rings is 2. The van der Waals surface area contributed by atoms with E-state index in [4.69, 9.17) is 20.8 Å². The summed E-state index contributed by atoms with van der Waals surface area (Å²) in [6.45, 7) is 1.40. The Morgan fingerprint density at radius 2 is 2.04 bits per heavy atom. The monoisotopic (exact) mass is 362 g/mol. The Hall–Kier alpha value is -2.86. The van der Waals surface area contributed by atoms with Crippen LogP contribution in [0.3, 0.4) is 0 Å². The molecule has 0 aliphatic carbocycles. The van der Waals surface area contributed by atoms with Gasteiger partial charge in [0.25, 0.3) is 0 Å². The van der Waals surface area contributed by atoms with Crippen LogP contribution in [-0.4, -0.2) is 11.1 Å². The zero-order valence-corrected chi connectivity index (χ0v) is 13.8. The summed E-state index contributed by atoms with van der Waals surface area (Å²) in [5.74, 6) is -1.33. The molecule has 7 heteroatoms. The van der Waals surface area contributed by atoms with Gasteiger partial charge in [-0.25, -0.2) is 14.0 Å². The second kappa shape index (κ2) is 6.57. The van der Waals surface area contributed by atoms with Gasteiger partial charge >= 0.3 is 11.6 Å². The van der Waals surface area contributed by atoms with Gasteiger partial charge in [0.2, 0.25) is 0 Å². The summed E-state index contributed by atoms with van der Waals surface area (Å²) in [5.41, 5.74) is 0.430. The Bertz CT molecular complexity index is 1040. The molecule has 0 radical (unpaired) electrons. The number of esters is 1. The quantitative estimate of drug-likeness (QED) is 0.563. The van der Waals surface area contributed by atoms with E-state index in [0.29, 0.717) is 16.5 Å². The van der Waals surface area contributed by atoms with Gasteiger partial charge in [-0.15, -0.1) is 0 Å². The van der Waals surface area contributed by atoms with Crippen LogP contribution in [0.2, 0.25) is 5.02 Å². The molecule has 0 fully saturated rings. The first kappa shape index (κ1) is 17.0. The van der Waals surface area contributed by atoms with Crippen molar-refractivity contribution >= 4 is 28.5 Å². The molecule has 0 saturated carbocycles. The maximum Gasteiger partial charge on any atom is 0.339 e. The Morgan fingerprint density at radius 3 is 2.76 bits per heavy atom. The second-order valence-electron chi connectivity index (χ2n) is 5.38. The SMILES string of the molecule is Cc1c(O)ccc2c(COC(=O)c3ccc(F)cc3Cl)cc(=O)oc12. The highest BCUT2D eigenvalue weighted by Gasteiger charge is 2.15. The van der Waals surface area contributed by atoms with E-state index in [1.54, 1.807) is 13.0 Å². The van der Waals surface area contributed by atoms with E-state index in [1.807, 2.05) is 0 Å². The molecule has 1 N–H and O–H groups in total. The summed E-state index contributed by atoms with van der Waals surface area (Å²) in [6.07, 6.45) is 0. The zero-order chi connectivity index (χ0) is 18.1. The first-order valence-electron chi connectivity index (χ1n) is 7.24. The number of aryl methyl sites for hydroxylation is 1. The molecule has 25 heavy (non-hydrogen) atoms. The topological polar surface area (TPSA) is 76.7 Å². The molecule has 3 aromatic rings. The largest absolute Gasteiger partial charge is 0.508 e. The summed E-state index contributed by atoms with van der Waals surface area (Å²) < 4.78 is 23.3. The van der Waals surface area contributed by atoms with Gasteiger partial charge in [0, 0.05) is 22.6 Å². The number of carbonyl (C=O) groups is 1. The second-order valence-corrected chi connectivity index (χ2v) is 5.78. The molecular formula is C18H12ClFO5. The van der Waals surface area contributed by atoms with Crippen molar-refractivity contribution in [3.63, 3.8) is 0 Å². The highest BCUT2D eigenvalue weighted by molar-refractivity contribution is 6.33. The summed E-state index contributed by atoms with van der Waals surface area (Å²) in [7, 11) is 0. The van der Waals surface area contributed by atoms with E-state index < -0.39 is 17.4 Å². The number of rotatable bonds is 3. The van der Waals surface area contributed by atoms with Gasteiger partial charge in [0.15, 0.2) is 0 Å². The van der Waals surface area contributed by atoms with Gasteiger partial charge in [-0.05, 0) is 37.3 Å². The van der Waals surface area contributed by atoms with Crippen molar-refractivity contribution in [1.29, 1.82) is 0 Å². The van der Waals surface area contributed by atoms with Gasteiger partial charge in [-0.2, -0.15) is 0 Å². The fraction of sp³-hybridized carbons (Fsp3) is 0.111. The van der Waals surface area contributed by atoms with Crippen LogP contribution in [0.5, 0.6) is 5.75 Å². The van der Waals surface area contributed by atoms with Crippen molar-refractivity contribution in [3.05, 3.63) is 74.3 Å². The van der Waals surface area contributed by atoms with Gasteiger partial charge < -0.3 is 14.3 Å². The lowest BCUT2D eigenvalue weighted by molar-refractivity contribution is 0.0474. The molecule has 0 bridgehead atoms. The zero-order valence-electron chi connectivity index (χ0n) is 13.0. The number of ether oxygens (including phenoxy) is 1. The summed E-state index contributed by atoms with van der Waals surface area (Å²) in [4.78, 5) is 23.8. The normalized spacial score (nSPS) is 10.8. The number of halogens is 2. The average molecular weight is 363 g/mol. The van der Waals surface area contributed by atoms with Crippen molar-refractivity contribution in [1.82, 2.24) is 0 Å². The summed E-state index contributed by atoms with van der Waals surface area (Å²) in [5, 5.41) is 10.2. The molecule has 1 aromatic heterocycles. The van der Waals surface area contributed by atoms with E-state index in [-0.39, 0.29) is 28.5 Å². The minimum Gasteiger partial charge on any atom is -0.508 e. The van der Waals surface area contributed by atoms with Crippen molar-refractivity contribution in [2.45, 2.75) is 13.5 Å². The standard InChI is InChI=1S/C18H12ClFO5/c1-9-15(21)5-4-12-10(6-16(22)25-17(9)12)8-24-18(23)13-3-2-11(20)7-14(13)19/h2-7,21H,8H2,1H3. The van der Waals surface area contributed by atoms with E-state index >= 15 is 0 Å². The number of carbonyl (C=O) groups excluding carboxylic acids is 1. The number of aromatic hydroxyl groups is 1. The highest BCUT2D eigenvalue weighted by Crippen LogP contribution is 2.28. The molecule has 128 valence electrons. The van der Waals surface area contributed by atoms with E-state index in [1.165, 1.54) is 18.2 Å². The van der Waals surface area contributed by atoms with Crippen LogP contribution in [0.15, 0.2) is 45.6 Å². The Morgan fingerprint density at radius 1 is 1.28 bits per heavy atom. The first-order chi connectivity index (χ1) is 11.9. The molecule has 0 saturated heterocycles. The molecule has 0 atom stereocenters. The predicted octanol–water partition coefficient (Wildman–Crippen LogP) is 3.96. The van der Waals surface area contributed by atoms with Crippen LogP contribution in [0.4, 0.5) is 4.39 Å². The number of hydrogen-bond acceptors (Lipinski definition) is 5. The fourth-order valence-corrected chi connectivity index (χ4v) is 2.66. The molecule has 0 unspecified atom stereocenters. The Balaban J connectivity index is 1.92. The number of phenolic OH excluding ortho intramolecular Hbond substituents is 1. The van der Waals surface area contributed by atoms with Crippen molar-refractivity contribution in [3.8, 4) is 5.75 Å². The van der Waals surface area contributed by atoms with Crippen LogP contribution in [0.1, 0.15) is 21.5 Å². The minimum atomic E-state index is -0.748. The molecule has 1 heterocycles. The Kier molecular flexibility index (Phi) is 4.46. The molecule has 0 spiro atoms. The van der Waals surface area contributed by atoms with Crippen molar-refractivity contribution in [2.24, 2.45) is 0 Å². The highest BCUT2D eigenvalue weighted by atomic mass is 35.5. The van der Waals surface area contributed by atoms with E-state index in [2.05, 4.69) is 0 Å². The van der Waals surface area contributed by atoms with E-state index in [0.717, 1.165) is 12.1 Å². The van der Waals surface area contributed by atoms with E-state index in [9.17, 15) is 19.1 Å². The van der Waals surface area contributed by atoms with Gasteiger partial charge in [0.1, 0.15) is 23.8 Å². The molecule has 2 aromatic carbocycles. The maximum atomic E-state index is 13.0. The van der Waals surface area contributed by atoms with Crippen LogP contribution < -0.4 is 5.63 Å². The van der Waals surface area contributed by atoms with Gasteiger partial charge in [0.05, 0.1) is 10.6 Å². The van der Waals surface area contributed by atoms with Crippen molar-refractivity contribution in [2.75, 3.05) is 0 Å². The lowest BCUT2D eigenvalue weighted by Crippen LogP contribution is -2.09. The molecule has 0 aliphatic rings. The third kappa shape index (κ3) is 3.34. The van der Waals surface area contributed by atoms with Crippen LogP contribution >= 0.6 is 11.6 Å². The van der Waals surface area contributed by atoms with Crippen molar-refractivity contribution < 1.29 is 23.4 Å². The Labute approximate surface area is 146 Å². The third-order valence-electron chi connectivity index (χ3n) is 3.73. The average Bonchev–Trinajstić information content (AvgIpc) is 2.56. The fourth-order valence-electron chi connectivity index (χ4n) is 2.41. The minimum absolute atomic E-state index is 0.0112. The molecule has 5 nitrogen and oxygen atoms in total. The number of fused-ring (bicyclic) bond motifs is 1. The molecule has 3 rings (SSSR count). The smallest absolute Gasteiger partial charge is 0.339 e. The number of hydrogen-bond donors (Lipinski definition) is 1. The first-order valence-corrected chi connectivity index (χ1v) is 7.62. The van der Waals surface area contributed by atoms with Crippen LogP contribution in [0, 0.1) is 12.7 Å².